The molecular formula is C20H14ClFN4O2. The zero-order valence-electron chi connectivity index (χ0n) is 14.5. The van der Waals surface area contributed by atoms with E-state index in [9.17, 15) is 9.18 Å². The van der Waals surface area contributed by atoms with Crippen LogP contribution >= 0.6 is 11.6 Å². The van der Waals surface area contributed by atoms with Crippen LogP contribution in [0.4, 0.5) is 10.1 Å². The highest BCUT2D eigenvalue weighted by Gasteiger charge is 2.15. The van der Waals surface area contributed by atoms with E-state index in [-0.39, 0.29) is 17.5 Å². The normalized spacial score (nSPS) is 10.8. The second-order valence-corrected chi connectivity index (χ2v) is 6.39. The zero-order chi connectivity index (χ0) is 19.5. The molecule has 2 aromatic heterocycles. The number of hydrogen-bond donors (Lipinski definition) is 1. The van der Waals surface area contributed by atoms with Crippen molar-refractivity contribution in [3.05, 3.63) is 77.7 Å². The molecule has 1 N–H and O–H groups in total. The Morgan fingerprint density at radius 3 is 2.75 bits per heavy atom. The fraction of sp³-hybridized carbons (Fsp3) is 0.0500. The number of nitrogens with zero attached hydrogens (tertiary/aromatic N) is 3. The highest BCUT2D eigenvalue weighted by molar-refractivity contribution is 6.31. The summed E-state index contributed by atoms with van der Waals surface area (Å²) in [7, 11) is 0. The van der Waals surface area contributed by atoms with Crippen LogP contribution in [-0.2, 0) is 11.3 Å². The van der Waals surface area contributed by atoms with Crippen LogP contribution in [-0.4, -0.2) is 20.6 Å². The number of carbonyl (C=O) groups is 1. The summed E-state index contributed by atoms with van der Waals surface area (Å²) in [6.07, 6.45) is 1.74. The molecule has 0 saturated carbocycles. The minimum atomic E-state index is -0.544. The van der Waals surface area contributed by atoms with E-state index < -0.39 is 5.82 Å². The van der Waals surface area contributed by atoms with E-state index in [1.54, 1.807) is 22.9 Å². The van der Waals surface area contributed by atoms with E-state index in [1.807, 2.05) is 30.3 Å². The standard InChI is InChI=1S/C20H14ClFN4O2/c21-15-11-14(8-9-16(15)22)23-18(27)12-26-10-4-7-17(26)20-24-19(25-28-20)13-5-2-1-3-6-13/h1-11H,12H2,(H,23,27). The third kappa shape index (κ3) is 3.79. The van der Waals surface area contributed by atoms with Gasteiger partial charge in [0, 0.05) is 17.4 Å². The Kier molecular flexibility index (Phi) is 4.90. The third-order valence-corrected chi connectivity index (χ3v) is 4.31. The fourth-order valence-corrected chi connectivity index (χ4v) is 2.89. The average Bonchev–Trinajstić information content (AvgIpc) is 3.34. The first kappa shape index (κ1) is 17.9. The molecule has 28 heavy (non-hydrogen) atoms. The first-order chi connectivity index (χ1) is 13.6. The van der Waals surface area contributed by atoms with Gasteiger partial charge in [0.05, 0.1) is 5.02 Å². The van der Waals surface area contributed by atoms with Crippen LogP contribution in [0.25, 0.3) is 23.0 Å². The topological polar surface area (TPSA) is 73.0 Å². The van der Waals surface area contributed by atoms with Gasteiger partial charge < -0.3 is 14.4 Å². The van der Waals surface area contributed by atoms with E-state index in [0.29, 0.717) is 23.1 Å². The Morgan fingerprint density at radius 1 is 1.14 bits per heavy atom. The molecule has 0 radical (unpaired) electrons. The smallest absolute Gasteiger partial charge is 0.274 e. The molecule has 8 heteroatoms. The van der Waals surface area contributed by atoms with E-state index in [2.05, 4.69) is 15.5 Å². The Balaban J connectivity index is 1.51. The number of halogens is 2. The summed E-state index contributed by atoms with van der Waals surface area (Å²) < 4.78 is 20.3. The van der Waals surface area contributed by atoms with Crippen LogP contribution in [0.2, 0.25) is 5.02 Å². The van der Waals surface area contributed by atoms with E-state index in [4.69, 9.17) is 16.1 Å². The Labute approximate surface area is 164 Å². The van der Waals surface area contributed by atoms with Gasteiger partial charge in [-0.25, -0.2) is 4.39 Å². The molecule has 0 spiro atoms. The van der Waals surface area contributed by atoms with Gasteiger partial charge in [-0.05, 0) is 30.3 Å². The number of carbonyl (C=O) groups excluding carboxylic acids is 1. The number of benzene rings is 2. The second-order valence-electron chi connectivity index (χ2n) is 5.99. The minimum Gasteiger partial charge on any atom is -0.334 e. The molecule has 2 heterocycles. The molecule has 4 rings (SSSR count). The summed E-state index contributed by atoms with van der Waals surface area (Å²) in [4.78, 5) is 16.8. The quantitative estimate of drug-likeness (QED) is 0.533. The minimum absolute atomic E-state index is 0.0143. The SMILES string of the molecule is O=C(Cn1cccc1-c1nc(-c2ccccc2)no1)Nc1ccc(F)c(Cl)c1. The lowest BCUT2D eigenvalue weighted by molar-refractivity contribution is -0.116. The predicted octanol–water partition coefficient (Wildman–Crippen LogP) is 4.64. The Hall–Kier alpha value is -3.45. The average molecular weight is 397 g/mol. The van der Waals surface area contributed by atoms with Crippen molar-refractivity contribution in [2.45, 2.75) is 6.54 Å². The first-order valence-corrected chi connectivity index (χ1v) is 8.77. The van der Waals surface area contributed by atoms with Gasteiger partial charge in [0.1, 0.15) is 18.1 Å². The molecule has 0 atom stereocenters. The molecule has 4 aromatic rings. The molecule has 0 fully saturated rings. The van der Waals surface area contributed by atoms with Crippen molar-refractivity contribution in [1.29, 1.82) is 0 Å². The van der Waals surface area contributed by atoms with Gasteiger partial charge >= 0.3 is 0 Å². The molecule has 1 amide bonds. The van der Waals surface area contributed by atoms with Crippen LogP contribution in [0.1, 0.15) is 0 Å². The lowest BCUT2D eigenvalue weighted by Crippen LogP contribution is -2.18. The highest BCUT2D eigenvalue weighted by atomic mass is 35.5. The highest BCUT2D eigenvalue weighted by Crippen LogP contribution is 2.23. The van der Waals surface area contributed by atoms with Crippen LogP contribution in [0.15, 0.2) is 71.4 Å². The Bertz CT molecular complexity index is 1120. The molecule has 2 aromatic carbocycles. The number of aromatic nitrogens is 3. The van der Waals surface area contributed by atoms with E-state index >= 15 is 0 Å². The summed E-state index contributed by atoms with van der Waals surface area (Å²) >= 11 is 5.74. The van der Waals surface area contributed by atoms with E-state index in [0.717, 1.165) is 5.56 Å². The largest absolute Gasteiger partial charge is 0.334 e. The molecule has 140 valence electrons. The van der Waals surface area contributed by atoms with Crippen LogP contribution in [0.5, 0.6) is 0 Å². The number of anilines is 1. The molecule has 0 aliphatic heterocycles. The maximum absolute atomic E-state index is 13.2. The van der Waals surface area contributed by atoms with Crippen molar-refractivity contribution in [3.63, 3.8) is 0 Å². The number of hydrogen-bond acceptors (Lipinski definition) is 4. The molecule has 0 aliphatic rings. The molecule has 0 bridgehead atoms. The van der Waals surface area contributed by atoms with Gasteiger partial charge in [0.2, 0.25) is 11.7 Å². The van der Waals surface area contributed by atoms with Crippen LogP contribution < -0.4 is 5.32 Å². The molecule has 0 saturated heterocycles. The van der Waals surface area contributed by atoms with Crippen LogP contribution in [0.3, 0.4) is 0 Å². The van der Waals surface area contributed by atoms with Gasteiger partial charge in [-0.1, -0.05) is 47.1 Å². The number of nitrogens with one attached hydrogen (secondary N) is 1. The van der Waals surface area contributed by atoms with E-state index in [1.165, 1.54) is 18.2 Å². The maximum atomic E-state index is 13.2. The van der Waals surface area contributed by atoms with Crippen molar-refractivity contribution in [2.75, 3.05) is 5.32 Å². The van der Waals surface area contributed by atoms with Crippen LogP contribution in [0, 0.1) is 5.82 Å². The number of rotatable bonds is 5. The summed E-state index contributed by atoms with van der Waals surface area (Å²) in [5.74, 6) is -0.0730. The van der Waals surface area contributed by atoms with Crippen molar-refractivity contribution in [3.8, 4) is 23.0 Å². The van der Waals surface area contributed by atoms with Crippen molar-refractivity contribution >= 4 is 23.2 Å². The lowest BCUT2D eigenvalue weighted by atomic mass is 10.2. The predicted molar refractivity (Wildman–Crippen MR) is 103 cm³/mol. The summed E-state index contributed by atoms with van der Waals surface area (Å²) in [5.41, 5.74) is 1.86. The summed E-state index contributed by atoms with van der Waals surface area (Å²) in [5, 5.41) is 6.62. The van der Waals surface area contributed by atoms with Crippen molar-refractivity contribution < 1.29 is 13.7 Å². The van der Waals surface area contributed by atoms with Gasteiger partial charge in [-0.2, -0.15) is 4.98 Å². The van der Waals surface area contributed by atoms with Crippen molar-refractivity contribution in [2.24, 2.45) is 0 Å². The molecule has 0 unspecified atom stereocenters. The zero-order valence-corrected chi connectivity index (χ0v) is 15.2. The maximum Gasteiger partial charge on any atom is 0.274 e. The monoisotopic (exact) mass is 396 g/mol. The van der Waals surface area contributed by atoms with Gasteiger partial charge in [-0.15, -0.1) is 0 Å². The molecule has 0 aliphatic carbocycles. The fourth-order valence-electron chi connectivity index (χ4n) is 2.71. The first-order valence-electron chi connectivity index (χ1n) is 8.40. The molecule has 6 nitrogen and oxygen atoms in total. The Morgan fingerprint density at radius 2 is 1.96 bits per heavy atom. The third-order valence-electron chi connectivity index (χ3n) is 4.02. The molecular weight excluding hydrogens is 383 g/mol. The summed E-state index contributed by atoms with van der Waals surface area (Å²) in [6, 6.07) is 17.0. The second kappa shape index (κ2) is 7.66. The number of amides is 1. The summed E-state index contributed by atoms with van der Waals surface area (Å²) in [6.45, 7) is 0.0143. The van der Waals surface area contributed by atoms with Crippen molar-refractivity contribution in [1.82, 2.24) is 14.7 Å². The lowest BCUT2D eigenvalue weighted by Gasteiger charge is -2.08. The van der Waals surface area contributed by atoms with Gasteiger partial charge in [0.25, 0.3) is 5.89 Å². The van der Waals surface area contributed by atoms with Gasteiger partial charge in [-0.3, -0.25) is 4.79 Å². The van der Waals surface area contributed by atoms with Gasteiger partial charge in [0.15, 0.2) is 0 Å².